The van der Waals surface area contributed by atoms with Crippen molar-refractivity contribution in [2.24, 2.45) is 0 Å². The summed E-state index contributed by atoms with van der Waals surface area (Å²) in [6, 6.07) is 2.82. The molecule has 2 aliphatic rings. The van der Waals surface area contributed by atoms with E-state index in [-0.39, 0.29) is 11.9 Å². The molecule has 2 saturated heterocycles. The van der Waals surface area contributed by atoms with Gasteiger partial charge in [0.15, 0.2) is 0 Å². The van der Waals surface area contributed by atoms with E-state index < -0.39 is 0 Å². The Morgan fingerprint density at radius 2 is 2.21 bits per heavy atom. The third-order valence-corrected chi connectivity index (χ3v) is 5.90. The molecule has 0 saturated carbocycles. The van der Waals surface area contributed by atoms with Crippen LogP contribution in [0.4, 0.5) is 0 Å². The molecule has 7 heteroatoms. The molecule has 2 fully saturated rings. The number of hydrogen-bond donors (Lipinski definition) is 0. The highest BCUT2D eigenvalue weighted by molar-refractivity contribution is 7.07. The molecule has 0 aromatic carbocycles. The number of rotatable bonds is 5. The number of carbonyl (C=O) groups excluding carboxylic acids is 1. The maximum Gasteiger partial charge on any atom is 0.237 e. The minimum atomic E-state index is 0.272. The molecule has 0 unspecified atom stereocenters. The van der Waals surface area contributed by atoms with Gasteiger partial charge in [0.2, 0.25) is 5.91 Å². The first kappa shape index (κ1) is 15.8. The lowest BCUT2D eigenvalue weighted by Crippen LogP contribution is -2.43. The van der Waals surface area contributed by atoms with E-state index in [4.69, 9.17) is 0 Å². The molecule has 2 aromatic heterocycles. The zero-order valence-electron chi connectivity index (χ0n) is 13.8. The van der Waals surface area contributed by atoms with E-state index in [0.717, 1.165) is 45.3 Å². The van der Waals surface area contributed by atoms with E-state index in [9.17, 15) is 4.79 Å². The van der Waals surface area contributed by atoms with E-state index in [1.807, 2.05) is 4.68 Å². The number of hydrogen-bond acceptors (Lipinski definition) is 5. The largest absolute Gasteiger partial charge is 0.335 e. The highest BCUT2D eigenvalue weighted by Crippen LogP contribution is 2.33. The minimum Gasteiger partial charge on any atom is -0.335 e. The lowest BCUT2D eigenvalue weighted by atomic mass is 10.1. The maximum atomic E-state index is 12.9. The minimum absolute atomic E-state index is 0.272. The molecule has 2 atom stereocenters. The fourth-order valence-corrected chi connectivity index (χ4v) is 4.70. The third kappa shape index (κ3) is 3.23. The van der Waals surface area contributed by atoms with Gasteiger partial charge in [0.05, 0.1) is 19.1 Å². The van der Waals surface area contributed by atoms with Crippen molar-refractivity contribution in [3.05, 3.63) is 35.0 Å². The third-order valence-electron chi connectivity index (χ3n) is 5.20. The first-order valence-electron chi connectivity index (χ1n) is 8.69. The van der Waals surface area contributed by atoms with Crippen LogP contribution in [0.3, 0.4) is 0 Å². The van der Waals surface area contributed by atoms with Crippen LogP contribution in [0.2, 0.25) is 0 Å². The van der Waals surface area contributed by atoms with E-state index in [1.54, 1.807) is 24.0 Å². The topological polar surface area (TPSA) is 54.3 Å². The van der Waals surface area contributed by atoms with Crippen LogP contribution in [0.1, 0.15) is 37.3 Å². The summed E-state index contributed by atoms with van der Waals surface area (Å²) >= 11 is 1.71. The van der Waals surface area contributed by atoms with E-state index in [2.05, 4.69) is 36.7 Å². The molecule has 4 rings (SSSR count). The Labute approximate surface area is 146 Å². The molecule has 1 amide bonds. The van der Waals surface area contributed by atoms with Gasteiger partial charge in [-0.25, -0.2) is 4.98 Å². The van der Waals surface area contributed by atoms with Gasteiger partial charge in [0, 0.05) is 12.6 Å². The van der Waals surface area contributed by atoms with Crippen LogP contribution in [0.15, 0.2) is 29.5 Å². The smallest absolute Gasteiger partial charge is 0.237 e. The quantitative estimate of drug-likeness (QED) is 0.833. The predicted octanol–water partition coefficient (Wildman–Crippen LogP) is 2.17. The van der Waals surface area contributed by atoms with E-state index in [0.29, 0.717) is 12.6 Å². The van der Waals surface area contributed by atoms with Crippen molar-refractivity contribution < 1.29 is 4.79 Å². The molecular formula is C17H23N5OS. The first-order valence-corrected chi connectivity index (χ1v) is 9.63. The van der Waals surface area contributed by atoms with Crippen LogP contribution < -0.4 is 0 Å². The predicted molar refractivity (Wildman–Crippen MR) is 92.6 cm³/mol. The molecule has 0 spiro atoms. The Morgan fingerprint density at radius 3 is 3.00 bits per heavy atom. The van der Waals surface area contributed by atoms with Gasteiger partial charge in [0.1, 0.15) is 12.7 Å². The van der Waals surface area contributed by atoms with Crippen LogP contribution in [0, 0.1) is 0 Å². The molecule has 2 aromatic rings. The second-order valence-corrected chi connectivity index (χ2v) is 7.47. The van der Waals surface area contributed by atoms with Gasteiger partial charge in [-0.3, -0.25) is 14.4 Å². The van der Waals surface area contributed by atoms with Crippen LogP contribution in [-0.4, -0.2) is 56.1 Å². The Balaban J connectivity index is 1.39. The summed E-state index contributed by atoms with van der Waals surface area (Å²) < 4.78 is 1.87. The number of thiophene rings is 1. The fraction of sp³-hybridized carbons (Fsp3) is 0.588. The van der Waals surface area contributed by atoms with Gasteiger partial charge < -0.3 is 4.90 Å². The molecule has 24 heavy (non-hydrogen) atoms. The van der Waals surface area contributed by atoms with E-state index in [1.165, 1.54) is 5.56 Å². The summed E-state index contributed by atoms with van der Waals surface area (Å²) in [7, 11) is 0. The number of amides is 1. The molecule has 6 nitrogen and oxygen atoms in total. The molecule has 0 aliphatic carbocycles. The summed E-state index contributed by atoms with van der Waals surface area (Å²) in [4.78, 5) is 21.3. The van der Waals surface area contributed by atoms with Crippen LogP contribution in [0.25, 0.3) is 0 Å². The van der Waals surface area contributed by atoms with Crippen molar-refractivity contribution >= 4 is 17.2 Å². The van der Waals surface area contributed by atoms with Gasteiger partial charge in [0.25, 0.3) is 0 Å². The fourth-order valence-electron chi connectivity index (χ4n) is 3.99. The monoisotopic (exact) mass is 345 g/mol. The lowest BCUT2D eigenvalue weighted by molar-refractivity contribution is -0.133. The molecule has 128 valence electrons. The molecule has 0 radical (unpaired) electrons. The molecule has 0 bridgehead atoms. The van der Waals surface area contributed by atoms with Gasteiger partial charge in [-0.15, -0.1) is 0 Å². The zero-order valence-corrected chi connectivity index (χ0v) is 14.6. The number of likely N-dealkylation sites (tertiary alicyclic amines) is 2. The van der Waals surface area contributed by atoms with Crippen molar-refractivity contribution in [1.29, 1.82) is 0 Å². The van der Waals surface area contributed by atoms with Gasteiger partial charge in [-0.05, 0) is 54.6 Å². The molecular weight excluding hydrogens is 322 g/mol. The average molecular weight is 345 g/mol. The summed E-state index contributed by atoms with van der Waals surface area (Å²) in [6.07, 6.45) is 7.80. The second-order valence-electron chi connectivity index (χ2n) is 6.69. The summed E-state index contributed by atoms with van der Waals surface area (Å²) in [5.74, 6) is 0.272. The number of aromatic nitrogens is 3. The molecule has 0 N–H and O–H groups in total. The Morgan fingerprint density at radius 1 is 1.29 bits per heavy atom. The summed E-state index contributed by atoms with van der Waals surface area (Å²) in [5.41, 5.74) is 1.30. The standard InChI is InChI=1S/C17H23N5OS/c23-17(22-7-2-4-16(22)14-5-8-24-11-14)10-20-6-1-3-15(20)9-21-13-18-12-19-21/h5,8,11-13,15-16H,1-4,6-7,9-10H2/t15-,16-/m1/s1. The SMILES string of the molecule is O=C(CN1CCC[C@@H]1Cn1cncn1)N1CCC[C@@H]1c1ccsc1. The van der Waals surface area contributed by atoms with Gasteiger partial charge in [-0.1, -0.05) is 0 Å². The van der Waals surface area contributed by atoms with Crippen LogP contribution in [-0.2, 0) is 11.3 Å². The zero-order chi connectivity index (χ0) is 16.4. The lowest BCUT2D eigenvalue weighted by Gasteiger charge is -2.29. The van der Waals surface area contributed by atoms with Gasteiger partial charge >= 0.3 is 0 Å². The Hall–Kier alpha value is -1.73. The number of carbonyl (C=O) groups is 1. The molecule has 2 aliphatic heterocycles. The van der Waals surface area contributed by atoms with Crippen molar-refractivity contribution in [3.63, 3.8) is 0 Å². The van der Waals surface area contributed by atoms with Crippen molar-refractivity contribution in [1.82, 2.24) is 24.6 Å². The highest BCUT2D eigenvalue weighted by Gasteiger charge is 2.33. The van der Waals surface area contributed by atoms with E-state index >= 15 is 0 Å². The highest BCUT2D eigenvalue weighted by atomic mass is 32.1. The summed E-state index contributed by atoms with van der Waals surface area (Å²) in [5, 5.41) is 8.48. The van der Waals surface area contributed by atoms with Crippen molar-refractivity contribution in [3.8, 4) is 0 Å². The van der Waals surface area contributed by atoms with Crippen molar-refractivity contribution in [2.45, 2.75) is 44.3 Å². The van der Waals surface area contributed by atoms with Crippen LogP contribution >= 0.6 is 11.3 Å². The Bertz CT molecular complexity index is 657. The molecule has 4 heterocycles. The second kappa shape index (κ2) is 7.03. The maximum absolute atomic E-state index is 12.9. The number of nitrogens with zero attached hydrogens (tertiary/aromatic N) is 5. The van der Waals surface area contributed by atoms with Crippen molar-refractivity contribution in [2.75, 3.05) is 19.6 Å². The van der Waals surface area contributed by atoms with Crippen LogP contribution in [0.5, 0.6) is 0 Å². The summed E-state index contributed by atoms with van der Waals surface area (Å²) in [6.45, 7) is 3.24. The first-order chi connectivity index (χ1) is 11.8. The normalized spacial score (nSPS) is 24.8. The Kier molecular flexibility index (Phi) is 4.62. The van der Waals surface area contributed by atoms with Gasteiger partial charge in [-0.2, -0.15) is 16.4 Å². The average Bonchev–Trinajstić information content (AvgIpc) is 3.37.